The molecule has 0 aliphatic carbocycles. The summed E-state index contributed by atoms with van der Waals surface area (Å²) in [6, 6.07) is 21.0. The van der Waals surface area contributed by atoms with E-state index < -0.39 is 52.6 Å². The molecular weight excluding hydrogens is 755 g/mol. The zero-order valence-corrected chi connectivity index (χ0v) is 33.0. The van der Waals surface area contributed by atoms with Gasteiger partial charge in [0.2, 0.25) is 16.8 Å². The number of carboxylic acid groups (broad SMARTS) is 1. The second-order valence-corrected chi connectivity index (χ2v) is 17.2. The zero-order chi connectivity index (χ0) is 40.4. The molecule has 1 amide bonds. The number of carbonyl (C=O) groups excluding carboxylic acids is 1. The first-order chi connectivity index (χ1) is 27.4. The van der Waals surface area contributed by atoms with Gasteiger partial charge >= 0.3 is 6.02 Å². The number of rotatable bonds is 18. The number of amidine groups is 1. The van der Waals surface area contributed by atoms with Crippen molar-refractivity contribution in [3.8, 4) is 23.4 Å². The van der Waals surface area contributed by atoms with Crippen LogP contribution in [0.4, 0.5) is 4.79 Å². The van der Waals surface area contributed by atoms with Crippen LogP contribution in [0.5, 0.6) is 17.2 Å². The lowest BCUT2D eigenvalue weighted by molar-refractivity contribution is -0.273. The average molecular weight is 805 g/mol. The number of para-hydroxylation sites is 1. The smallest absolute Gasteiger partial charge is 0.303 e. The standard InChI is InChI=1S/C41H51N5O10S/c1-41(2,19-10-5-11-20-43-39(44-27-42)56-30-14-8-4-9-15-30)26-45(57(50,51)31-16-17-36-37(23-31)55-28-54-36)24-35(47)33(22-29-12-6-3-7-13-29)46(40(48)49)34-25-53-38-32(34)18-21-52-38/h3-4,6-9,12-17,23,32-35,38,47H,5,10-11,18-22,24-26,28H2,1-2H3,(H,43,44)(H,48,49)/p-1/t32-,33-,34-,35+,38+/m0/s1. The molecule has 6 rings (SSSR count). The van der Waals surface area contributed by atoms with Gasteiger partial charge in [-0.15, -0.1) is 0 Å². The quantitative estimate of drug-likeness (QED) is 0.0621. The SMILES string of the molecule is CC(C)(CCCCCN=C(NC#N)Oc1ccccc1)CN(C[C@@H](O)[C@H](Cc1ccccc1)N(C(=O)[O-])[C@H]1CO[C@H]2OCC[C@H]21)S(=O)(=O)c1ccc2c(c1)OCO2. The highest BCUT2D eigenvalue weighted by molar-refractivity contribution is 7.89. The maximum atomic E-state index is 14.6. The number of carbonyl (C=O) groups is 1. The number of aliphatic hydroxyl groups is 1. The molecule has 57 heavy (non-hydrogen) atoms. The normalized spacial score (nSPS) is 20.1. The predicted molar refractivity (Wildman–Crippen MR) is 206 cm³/mol. The van der Waals surface area contributed by atoms with Crippen molar-refractivity contribution in [3.05, 3.63) is 84.4 Å². The molecule has 16 heteroatoms. The van der Waals surface area contributed by atoms with E-state index in [-0.39, 0.29) is 43.2 Å². The van der Waals surface area contributed by atoms with E-state index in [9.17, 15) is 23.4 Å². The van der Waals surface area contributed by atoms with Crippen LogP contribution in [-0.2, 0) is 25.9 Å². The second-order valence-electron chi connectivity index (χ2n) is 15.2. The third-order valence-electron chi connectivity index (χ3n) is 10.5. The van der Waals surface area contributed by atoms with Crippen LogP contribution in [0.2, 0.25) is 0 Å². The van der Waals surface area contributed by atoms with E-state index in [0.29, 0.717) is 49.7 Å². The Morgan fingerprint density at radius 2 is 1.79 bits per heavy atom. The van der Waals surface area contributed by atoms with Gasteiger partial charge in [0.05, 0.1) is 36.3 Å². The molecule has 0 spiro atoms. The first-order valence-corrected chi connectivity index (χ1v) is 20.7. The predicted octanol–water partition coefficient (Wildman–Crippen LogP) is 3.88. The van der Waals surface area contributed by atoms with E-state index in [0.717, 1.165) is 23.3 Å². The Bertz CT molecular complexity index is 1980. The van der Waals surface area contributed by atoms with Gasteiger partial charge in [0.1, 0.15) is 11.8 Å². The van der Waals surface area contributed by atoms with Gasteiger partial charge in [-0.1, -0.05) is 75.2 Å². The number of hydrogen-bond acceptors (Lipinski definition) is 12. The Morgan fingerprint density at radius 1 is 1.05 bits per heavy atom. The Labute approximate surface area is 333 Å². The molecule has 2 saturated heterocycles. The van der Waals surface area contributed by atoms with Crippen molar-refractivity contribution in [2.45, 2.75) is 81.7 Å². The number of ether oxygens (including phenoxy) is 5. The van der Waals surface area contributed by atoms with Crippen molar-refractivity contribution in [1.82, 2.24) is 14.5 Å². The summed E-state index contributed by atoms with van der Waals surface area (Å²) in [5.41, 5.74) is 0.190. The monoisotopic (exact) mass is 804 g/mol. The number of aliphatic hydroxyl groups excluding tert-OH is 1. The number of nitrogens with one attached hydrogen (secondary N) is 1. The van der Waals surface area contributed by atoms with Crippen molar-refractivity contribution in [1.29, 1.82) is 5.26 Å². The topological polar surface area (TPSA) is 195 Å². The van der Waals surface area contributed by atoms with Crippen LogP contribution in [0, 0.1) is 22.8 Å². The third-order valence-corrected chi connectivity index (χ3v) is 12.3. The van der Waals surface area contributed by atoms with Crippen molar-refractivity contribution in [2.24, 2.45) is 16.3 Å². The molecule has 2 N–H and O–H groups in total. The molecule has 306 valence electrons. The number of hydrogen-bond donors (Lipinski definition) is 2. The maximum absolute atomic E-state index is 14.6. The summed E-state index contributed by atoms with van der Waals surface area (Å²) in [6.45, 7) is 4.42. The Kier molecular flexibility index (Phi) is 13.9. The lowest BCUT2D eigenvalue weighted by Gasteiger charge is -2.43. The van der Waals surface area contributed by atoms with Crippen molar-refractivity contribution < 1.29 is 47.1 Å². The van der Waals surface area contributed by atoms with E-state index in [1.54, 1.807) is 12.1 Å². The molecular formula is C41H50N5O10S-. The molecule has 0 bridgehead atoms. The van der Waals surface area contributed by atoms with Gasteiger partial charge in [0.15, 0.2) is 24.0 Å². The van der Waals surface area contributed by atoms with Gasteiger partial charge < -0.3 is 43.6 Å². The van der Waals surface area contributed by atoms with Crippen molar-refractivity contribution >= 4 is 22.1 Å². The Hall–Kier alpha value is -4.92. The highest BCUT2D eigenvalue weighted by Gasteiger charge is 2.47. The van der Waals surface area contributed by atoms with Crippen LogP contribution in [0.15, 0.2) is 88.8 Å². The van der Waals surface area contributed by atoms with Crippen LogP contribution in [0.3, 0.4) is 0 Å². The fraction of sp³-hybridized carbons (Fsp3) is 0.488. The number of nitrogens with zero attached hydrogens (tertiary/aromatic N) is 4. The van der Waals surface area contributed by atoms with Crippen LogP contribution >= 0.6 is 0 Å². The van der Waals surface area contributed by atoms with Gasteiger partial charge in [-0.25, -0.2) is 18.7 Å². The van der Waals surface area contributed by atoms with E-state index in [1.165, 1.54) is 22.5 Å². The van der Waals surface area contributed by atoms with Gasteiger partial charge in [-0.05, 0) is 60.9 Å². The Morgan fingerprint density at radius 3 is 2.53 bits per heavy atom. The molecule has 15 nitrogen and oxygen atoms in total. The molecule has 3 aliphatic heterocycles. The van der Waals surface area contributed by atoms with Gasteiger partial charge in [-0.2, -0.15) is 9.57 Å². The summed E-state index contributed by atoms with van der Waals surface area (Å²) in [7, 11) is -4.27. The summed E-state index contributed by atoms with van der Waals surface area (Å²) in [5, 5.41) is 36.8. The molecule has 3 aliphatic rings. The molecule has 0 unspecified atom stereocenters. The lowest BCUT2D eigenvalue weighted by Crippen LogP contribution is -2.61. The third kappa shape index (κ3) is 10.7. The number of amides is 1. The molecule has 0 aromatic heterocycles. The van der Waals surface area contributed by atoms with Crippen LogP contribution in [-0.4, -0.2) is 99.0 Å². The molecule has 3 heterocycles. The highest BCUT2D eigenvalue weighted by Crippen LogP contribution is 2.38. The van der Waals surface area contributed by atoms with Crippen molar-refractivity contribution in [3.63, 3.8) is 0 Å². The fourth-order valence-electron chi connectivity index (χ4n) is 7.66. The number of benzene rings is 3. The van der Waals surface area contributed by atoms with Crippen LogP contribution in [0.1, 0.15) is 51.5 Å². The van der Waals surface area contributed by atoms with E-state index in [1.807, 2.05) is 68.6 Å². The number of fused-ring (bicyclic) bond motifs is 2. The van der Waals surface area contributed by atoms with Gasteiger partial charge in [0, 0.05) is 31.6 Å². The lowest BCUT2D eigenvalue weighted by atomic mass is 9.86. The van der Waals surface area contributed by atoms with E-state index in [2.05, 4.69) is 10.3 Å². The van der Waals surface area contributed by atoms with E-state index >= 15 is 0 Å². The second kappa shape index (κ2) is 19.0. The van der Waals surface area contributed by atoms with E-state index in [4.69, 9.17) is 28.9 Å². The minimum atomic E-state index is -4.27. The summed E-state index contributed by atoms with van der Waals surface area (Å²) in [4.78, 5) is 18.5. The molecule has 0 saturated carbocycles. The molecule has 3 aromatic carbocycles. The minimum Gasteiger partial charge on any atom is -0.530 e. The number of sulfonamides is 1. The molecule has 2 fully saturated rings. The number of nitriles is 1. The van der Waals surface area contributed by atoms with Gasteiger partial charge in [0.25, 0.3) is 0 Å². The molecule has 3 aromatic rings. The van der Waals surface area contributed by atoms with Crippen molar-refractivity contribution in [2.75, 3.05) is 39.6 Å². The first-order valence-electron chi connectivity index (χ1n) is 19.2. The summed E-state index contributed by atoms with van der Waals surface area (Å²) in [5.74, 6) is 1.01. The minimum absolute atomic E-state index is 0.0224. The number of unbranched alkanes of at least 4 members (excludes halogenated alkanes) is 2. The summed E-state index contributed by atoms with van der Waals surface area (Å²) < 4.78 is 58.5. The molecule has 5 atom stereocenters. The molecule has 0 radical (unpaired) electrons. The first kappa shape index (κ1) is 41.7. The van der Waals surface area contributed by atoms with Gasteiger partial charge in [-0.3, -0.25) is 0 Å². The summed E-state index contributed by atoms with van der Waals surface area (Å²) >= 11 is 0. The number of aliphatic imine (C=N–C) groups is 1. The van der Waals surface area contributed by atoms with Crippen LogP contribution < -0.4 is 24.6 Å². The maximum Gasteiger partial charge on any atom is 0.303 e. The summed E-state index contributed by atoms with van der Waals surface area (Å²) in [6.07, 6.45) is 1.87. The highest BCUT2D eigenvalue weighted by atomic mass is 32.2. The zero-order valence-electron chi connectivity index (χ0n) is 32.2. The average Bonchev–Trinajstić information content (AvgIpc) is 3.95. The van der Waals surface area contributed by atoms with Crippen LogP contribution in [0.25, 0.3) is 0 Å². The largest absolute Gasteiger partial charge is 0.530 e. The Balaban J connectivity index is 1.20. The fourth-order valence-corrected chi connectivity index (χ4v) is 9.32.